The first-order chi connectivity index (χ1) is 51.2. The first kappa shape index (κ1) is 99.4. The lowest BCUT2D eigenvalue weighted by molar-refractivity contribution is -0.161. The van der Waals surface area contributed by atoms with Crippen molar-refractivity contribution < 1.29 is 75.8 Å². The fraction of sp³-hybridized carbons (Fsp3) is 0.598. The Balaban J connectivity index is 4.65. The highest BCUT2D eigenvalue weighted by molar-refractivity contribution is 7.47. The summed E-state index contributed by atoms with van der Waals surface area (Å²) in [5, 5.41) is 20.6. The van der Waals surface area contributed by atoms with Gasteiger partial charge in [0.25, 0.3) is 0 Å². The number of aliphatic hydroxyl groups is 2. The highest BCUT2D eigenvalue weighted by Gasteiger charge is 2.29. The zero-order chi connectivity index (χ0) is 76.6. The second-order valence-electron chi connectivity index (χ2n) is 25.7. The summed E-state index contributed by atoms with van der Waals surface area (Å²) in [6.45, 7) is 2.22. The lowest BCUT2D eigenvalue weighted by Crippen LogP contribution is -2.29. The summed E-state index contributed by atoms with van der Waals surface area (Å²) < 4.78 is 60.9. The molecule has 18 heteroatoms. The van der Waals surface area contributed by atoms with Crippen molar-refractivity contribution in [3.05, 3.63) is 194 Å². The molecule has 0 aliphatic carbocycles. The third-order valence-electron chi connectivity index (χ3n) is 15.8. The number of unbranched alkanes of at least 4 members (excludes halogenated alkanes) is 18. The molecule has 5 unspecified atom stereocenters. The van der Waals surface area contributed by atoms with E-state index in [0.717, 1.165) is 103 Å². The molecule has 0 radical (unpaired) electrons. The van der Waals surface area contributed by atoms with E-state index < -0.39 is 91.5 Å². The van der Waals surface area contributed by atoms with Gasteiger partial charge in [0.15, 0.2) is 6.10 Å². The largest absolute Gasteiger partial charge is 0.472 e. The van der Waals surface area contributed by atoms with Crippen LogP contribution in [0.2, 0.25) is 0 Å². The van der Waals surface area contributed by atoms with E-state index in [4.69, 9.17) is 32.3 Å². The average Bonchev–Trinajstić information content (AvgIpc) is 0.915. The van der Waals surface area contributed by atoms with Gasteiger partial charge < -0.3 is 34.2 Å². The maximum absolute atomic E-state index is 12.9. The Morgan fingerprint density at radius 1 is 0.276 bits per heavy atom. The Hall–Kier alpha value is -5.61. The Kier molecular flexibility index (Phi) is 73.8. The number of allylic oxidation sites excluding steroid dienone is 32. The lowest BCUT2D eigenvalue weighted by Gasteiger charge is -2.21. The quantitative estimate of drug-likeness (QED) is 0.0146. The van der Waals surface area contributed by atoms with Crippen LogP contribution in [0.25, 0.3) is 0 Å². The molecule has 0 amide bonds. The van der Waals surface area contributed by atoms with Crippen LogP contribution in [0.4, 0.5) is 0 Å². The van der Waals surface area contributed by atoms with Crippen LogP contribution in [0.3, 0.4) is 0 Å². The molecule has 0 aliphatic rings. The lowest BCUT2D eigenvalue weighted by atomic mass is 10.0. The number of carbonyl (C=O) groups is 3. The normalized spacial score (nSPS) is 15.0. The number of rotatable bonds is 73. The van der Waals surface area contributed by atoms with Crippen molar-refractivity contribution in [1.29, 1.82) is 0 Å². The Bertz CT molecular complexity index is 2690. The standard InChI is InChI=1S/C87H140O16P2/c1-4-7-10-13-16-19-22-25-28-31-34-35-36-37-38-39-40-41-42-43-44-45-48-50-52-55-58-61-64-67-70-73-85(90)97-76-82(88)77-99-104(93,94)100-78-83(89)79-101-105(95,96)102-81-84(103-87(92)75-72-69-66-63-60-57-54-51-47-33-30-27-24-21-18-15-12-9-6-3)80-98-86(91)74-71-68-65-62-59-56-53-49-46-32-29-26-23-20-17-14-11-8-5-2/h8-9,11-12,16-21,25-30,34-35,37-38,46-47,49,51,56-57,59-60,65-66,68-69,82-84,88-89H,4-7,10,13-15,22-24,31-33,36,39-45,48,50,52-55,58,61-64,67,70-81H2,1-3H3,(H,93,94)(H,95,96)/b11-8-,12-9-,19-16-,20-17-,21-18-,28-25-,29-26-,30-27-,35-34-,38-37-,49-46-,51-47-,59-56-,60-57-,68-65-,69-66-. The summed E-state index contributed by atoms with van der Waals surface area (Å²) in [4.78, 5) is 58.6. The summed E-state index contributed by atoms with van der Waals surface area (Å²) in [7, 11) is -9.85. The molecule has 0 saturated heterocycles. The van der Waals surface area contributed by atoms with Gasteiger partial charge in [-0.2, -0.15) is 0 Å². The highest BCUT2D eigenvalue weighted by Crippen LogP contribution is 2.45. The van der Waals surface area contributed by atoms with E-state index in [1.807, 2.05) is 36.5 Å². The molecule has 594 valence electrons. The number of carbonyl (C=O) groups excluding carboxylic acids is 3. The van der Waals surface area contributed by atoms with Gasteiger partial charge in [-0.1, -0.05) is 312 Å². The molecule has 0 fully saturated rings. The van der Waals surface area contributed by atoms with Crippen LogP contribution >= 0.6 is 15.6 Å². The van der Waals surface area contributed by atoms with Gasteiger partial charge in [0, 0.05) is 19.3 Å². The summed E-state index contributed by atoms with van der Waals surface area (Å²) in [6, 6.07) is 0. The van der Waals surface area contributed by atoms with E-state index >= 15 is 0 Å². The first-order valence-electron chi connectivity index (χ1n) is 39.7. The minimum atomic E-state index is -4.98. The van der Waals surface area contributed by atoms with Crippen molar-refractivity contribution in [2.24, 2.45) is 0 Å². The number of hydrogen-bond donors (Lipinski definition) is 4. The Morgan fingerprint density at radius 2 is 0.524 bits per heavy atom. The number of hydrogen-bond acceptors (Lipinski definition) is 14. The molecule has 105 heavy (non-hydrogen) atoms. The van der Waals surface area contributed by atoms with Gasteiger partial charge in [0.1, 0.15) is 25.4 Å². The van der Waals surface area contributed by atoms with Crippen molar-refractivity contribution in [2.45, 2.75) is 296 Å². The molecule has 0 saturated carbocycles. The summed E-state index contributed by atoms with van der Waals surface area (Å²) in [6.07, 6.45) is 102. The number of ether oxygens (including phenoxy) is 3. The van der Waals surface area contributed by atoms with Crippen LogP contribution in [0, 0.1) is 0 Å². The molecular formula is C87H140O16P2. The molecule has 0 bridgehead atoms. The number of phosphoric acid groups is 2. The van der Waals surface area contributed by atoms with Gasteiger partial charge in [0.05, 0.1) is 26.4 Å². The number of aliphatic hydroxyl groups excluding tert-OH is 2. The van der Waals surface area contributed by atoms with E-state index in [0.29, 0.717) is 32.1 Å². The van der Waals surface area contributed by atoms with Crippen LogP contribution < -0.4 is 0 Å². The predicted octanol–water partition coefficient (Wildman–Crippen LogP) is 23.5. The third kappa shape index (κ3) is 79.3. The van der Waals surface area contributed by atoms with E-state index in [-0.39, 0.29) is 19.3 Å². The molecular weight excluding hydrogens is 1360 g/mol. The van der Waals surface area contributed by atoms with E-state index in [9.17, 15) is 43.5 Å². The van der Waals surface area contributed by atoms with Crippen molar-refractivity contribution in [2.75, 3.05) is 39.6 Å². The molecule has 5 atom stereocenters. The molecule has 0 spiro atoms. The number of esters is 3. The maximum atomic E-state index is 12.9. The van der Waals surface area contributed by atoms with Gasteiger partial charge in [-0.15, -0.1) is 0 Å². The van der Waals surface area contributed by atoms with Crippen molar-refractivity contribution in [1.82, 2.24) is 0 Å². The molecule has 0 aliphatic heterocycles. The zero-order valence-corrected chi connectivity index (χ0v) is 66.6. The van der Waals surface area contributed by atoms with E-state index in [2.05, 4.69) is 179 Å². The topological polar surface area (TPSA) is 231 Å². The highest BCUT2D eigenvalue weighted by atomic mass is 31.2. The number of phosphoric ester groups is 2. The first-order valence-corrected chi connectivity index (χ1v) is 42.7. The fourth-order valence-corrected chi connectivity index (χ4v) is 11.4. The molecule has 0 aromatic heterocycles. The van der Waals surface area contributed by atoms with Gasteiger partial charge in [-0.25, -0.2) is 9.13 Å². The molecule has 0 rings (SSSR count). The zero-order valence-electron chi connectivity index (χ0n) is 64.8. The molecule has 16 nitrogen and oxygen atoms in total. The minimum Gasteiger partial charge on any atom is -0.463 e. The van der Waals surface area contributed by atoms with Crippen LogP contribution in [0.1, 0.15) is 278 Å². The van der Waals surface area contributed by atoms with Crippen LogP contribution in [0.15, 0.2) is 194 Å². The van der Waals surface area contributed by atoms with Crippen molar-refractivity contribution in [3.8, 4) is 0 Å². The van der Waals surface area contributed by atoms with Gasteiger partial charge >= 0.3 is 33.6 Å². The summed E-state index contributed by atoms with van der Waals surface area (Å²) >= 11 is 0. The molecule has 0 heterocycles. The van der Waals surface area contributed by atoms with Crippen LogP contribution in [-0.2, 0) is 55.8 Å². The average molecular weight is 1500 g/mol. The van der Waals surface area contributed by atoms with Gasteiger partial charge in [-0.05, 0) is 141 Å². The van der Waals surface area contributed by atoms with Crippen LogP contribution in [-0.4, -0.2) is 95.9 Å². The fourth-order valence-electron chi connectivity index (χ4n) is 9.84. The van der Waals surface area contributed by atoms with Crippen LogP contribution in [0.5, 0.6) is 0 Å². The Labute approximate surface area is 636 Å². The smallest absolute Gasteiger partial charge is 0.463 e. The molecule has 0 aromatic rings. The van der Waals surface area contributed by atoms with Crippen molar-refractivity contribution in [3.63, 3.8) is 0 Å². The van der Waals surface area contributed by atoms with Crippen molar-refractivity contribution >= 4 is 33.6 Å². The second kappa shape index (κ2) is 78.0. The predicted molar refractivity (Wildman–Crippen MR) is 435 cm³/mol. The summed E-state index contributed by atoms with van der Waals surface area (Å²) in [5.41, 5.74) is 0. The van der Waals surface area contributed by atoms with Gasteiger partial charge in [-0.3, -0.25) is 32.5 Å². The second-order valence-corrected chi connectivity index (χ2v) is 28.7. The SMILES string of the molecule is CC/C=C\C/C=C\C/C=C\C/C=C\C/C=C\C/C=C\CCC(=O)OCC(COP(=O)(O)OCC(O)COP(=O)(O)OCC(O)COC(=O)CCCCCCCCCCCCCCCCC/C=C\C/C=C\C/C=C\C/C=C\CCCCC)OC(=O)CC/C=C\C/C=C\C/C=C\C/C=C\C/C=C\C/C=C\CC. The van der Waals surface area contributed by atoms with E-state index in [1.165, 1.54) is 103 Å². The monoisotopic (exact) mass is 1500 g/mol. The molecule has 0 aromatic carbocycles. The van der Waals surface area contributed by atoms with E-state index in [1.54, 1.807) is 0 Å². The van der Waals surface area contributed by atoms with Gasteiger partial charge in [0.2, 0.25) is 0 Å². The Morgan fingerprint density at radius 3 is 0.857 bits per heavy atom. The third-order valence-corrected chi connectivity index (χ3v) is 17.7. The molecule has 4 N–H and O–H groups in total. The minimum absolute atomic E-state index is 0.0212. The summed E-state index contributed by atoms with van der Waals surface area (Å²) in [5.74, 6) is -1.79. The maximum Gasteiger partial charge on any atom is 0.472 e.